The number of hydrogen-bond donors (Lipinski definition) is 5. The molecule has 2 aliphatic rings. The van der Waals surface area contributed by atoms with E-state index in [1.54, 1.807) is 75.7 Å². The van der Waals surface area contributed by atoms with Crippen molar-refractivity contribution in [2.24, 2.45) is 5.92 Å². The Morgan fingerprint density at radius 3 is 2.23 bits per heavy atom. The van der Waals surface area contributed by atoms with Gasteiger partial charge in [-0.2, -0.15) is 8.42 Å². The minimum Gasteiger partial charge on any atom is -0.496 e. The molecule has 5 aromatic carbocycles. The second-order valence-electron chi connectivity index (χ2n) is 24.6. The van der Waals surface area contributed by atoms with Crippen LogP contribution in [0.2, 0.25) is 5.02 Å². The summed E-state index contributed by atoms with van der Waals surface area (Å²) in [6.45, 7) is 10.1. The molecule has 524 valence electrons. The van der Waals surface area contributed by atoms with E-state index in [4.69, 9.17) is 40.3 Å². The lowest BCUT2D eigenvalue weighted by Crippen LogP contribution is -2.57. The van der Waals surface area contributed by atoms with Gasteiger partial charge in [-0.3, -0.25) is 38.3 Å². The highest BCUT2D eigenvalue weighted by molar-refractivity contribution is 7.85. The number of halogens is 2. The van der Waals surface area contributed by atoms with E-state index < -0.39 is 75.5 Å². The summed E-state index contributed by atoms with van der Waals surface area (Å²) in [4.78, 5) is 98.5. The number of nitrogens with one attached hydrogen (secondary N) is 3. The standard InChI is InChI=1S/C71H74ClFN10O15S2/c1-42(2)64(80-58(84)26-34-95-35-31-82-59(85)23-24-60(82)86)68(88)77-44(4)67(87)79-49-20-17-47(57(38-49)100(91,92)93)39-83(5)32-28-81(29-33-83)30-36-96-55-22-21-51(43(3)63(55)72)61-62-69(75-41-76-70(62)99-65(61)45-15-18-48(73)19-16-45)98-56(71(89)90)37-46-11-7-9-13-53(46)97-40-50-25-27-74-66(78-50)52-12-8-10-14-54(52)94-6/h7-25,27,38,41-42,44,56,64H,26,28-37,39-40H2,1-6H3,(H4-,77,79,80,84,87,88,89,90,91,92,93)/p+1/t44-,56+,64-/m0/s1. The number of hydrogen-bond acceptors (Lipinski definition) is 19. The van der Waals surface area contributed by atoms with E-state index in [1.165, 1.54) is 54.9 Å². The van der Waals surface area contributed by atoms with Crippen molar-refractivity contribution in [2.45, 2.75) is 76.8 Å². The number of ether oxygens (including phenoxy) is 5. The Morgan fingerprint density at radius 2 is 1.52 bits per heavy atom. The van der Waals surface area contributed by atoms with E-state index in [9.17, 15) is 51.2 Å². The van der Waals surface area contributed by atoms with E-state index in [1.807, 2.05) is 44.3 Å². The van der Waals surface area contributed by atoms with Gasteiger partial charge in [0.1, 0.15) is 71.0 Å². The monoisotopic (exact) mass is 1430 g/mol. The fourth-order valence-electron chi connectivity index (χ4n) is 11.6. The molecule has 3 aromatic heterocycles. The average Bonchev–Trinajstić information content (AvgIpc) is 1.58. The lowest BCUT2D eigenvalue weighted by atomic mass is 9.96. The zero-order chi connectivity index (χ0) is 71.4. The molecule has 0 saturated carbocycles. The maximum Gasteiger partial charge on any atom is 0.345 e. The van der Waals surface area contributed by atoms with Crippen LogP contribution in [0.1, 0.15) is 49.6 Å². The van der Waals surface area contributed by atoms with Crippen molar-refractivity contribution in [3.05, 3.63) is 167 Å². The topological polar surface area (TPSA) is 317 Å². The fraction of sp³-hybridized carbons (Fsp3) is 0.324. The van der Waals surface area contributed by atoms with E-state index in [0.29, 0.717) is 125 Å². The smallest absolute Gasteiger partial charge is 0.345 e. The zero-order valence-electron chi connectivity index (χ0n) is 55.6. The van der Waals surface area contributed by atoms with Crippen LogP contribution < -0.4 is 34.9 Å². The molecule has 2 aliphatic heterocycles. The number of thiophene rings is 1. The summed E-state index contributed by atoms with van der Waals surface area (Å²) in [5.74, 6) is -2.96. The van der Waals surface area contributed by atoms with Crippen LogP contribution in [0, 0.1) is 18.7 Å². The van der Waals surface area contributed by atoms with Gasteiger partial charge < -0.3 is 49.2 Å². The van der Waals surface area contributed by atoms with Gasteiger partial charge in [0.25, 0.3) is 21.9 Å². The van der Waals surface area contributed by atoms with Gasteiger partial charge in [-0.1, -0.05) is 74.0 Å². The number of anilines is 1. The number of carboxylic acid groups (broad SMARTS) is 1. The van der Waals surface area contributed by atoms with E-state index in [2.05, 4.69) is 35.8 Å². The molecule has 5 amide bonds. The van der Waals surface area contributed by atoms with Crippen molar-refractivity contribution in [1.29, 1.82) is 0 Å². The van der Waals surface area contributed by atoms with Crippen LogP contribution in [0.25, 0.3) is 43.2 Å². The number of aromatic nitrogens is 4. The molecule has 5 N–H and O–H groups in total. The molecule has 1 fully saturated rings. The highest BCUT2D eigenvalue weighted by Crippen LogP contribution is 2.50. The van der Waals surface area contributed by atoms with Crippen molar-refractivity contribution in [1.82, 2.24) is 40.4 Å². The number of quaternary nitrogens is 1. The minimum absolute atomic E-state index is 0.00396. The lowest BCUT2D eigenvalue weighted by Gasteiger charge is -2.42. The maximum absolute atomic E-state index is 14.5. The highest BCUT2D eigenvalue weighted by Gasteiger charge is 2.34. The Bertz CT molecular complexity index is 4500. The summed E-state index contributed by atoms with van der Waals surface area (Å²) in [6, 6.07) is 27.8. The third kappa shape index (κ3) is 18.0. The van der Waals surface area contributed by atoms with Crippen molar-refractivity contribution < 1.29 is 79.4 Å². The van der Waals surface area contributed by atoms with E-state index in [0.717, 1.165) is 17.1 Å². The second-order valence-corrected chi connectivity index (χ2v) is 27.4. The van der Waals surface area contributed by atoms with Gasteiger partial charge in [-0.25, -0.2) is 29.1 Å². The molecule has 0 spiro atoms. The summed E-state index contributed by atoms with van der Waals surface area (Å²) in [6.07, 6.45) is 3.53. The second kappa shape index (κ2) is 32.5. The summed E-state index contributed by atoms with van der Waals surface area (Å²) in [5, 5.41) is 19.4. The Hall–Kier alpha value is -9.81. The molecule has 5 heterocycles. The number of piperazine rings is 1. The number of amides is 5. The van der Waals surface area contributed by atoms with Crippen LogP contribution in [0.15, 0.2) is 139 Å². The predicted molar refractivity (Wildman–Crippen MR) is 371 cm³/mol. The number of rotatable bonds is 31. The van der Waals surface area contributed by atoms with Crippen molar-refractivity contribution >= 4 is 84.5 Å². The largest absolute Gasteiger partial charge is 0.496 e. The van der Waals surface area contributed by atoms with Gasteiger partial charge >= 0.3 is 5.97 Å². The molecule has 0 aliphatic carbocycles. The predicted octanol–water partition coefficient (Wildman–Crippen LogP) is 8.75. The van der Waals surface area contributed by atoms with Crippen LogP contribution in [0.3, 0.4) is 0 Å². The number of carbonyl (C=O) groups is 6. The zero-order valence-corrected chi connectivity index (χ0v) is 58.0. The van der Waals surface area contributed by atoms with Crippen LogP contribution in [0.4, 0.5) is 10.1 Å². The fourth-order valence-corrected chi connectivity index (χ4v) is 13.7. The molecule has 8 aromatic rings. The Balaban J connectivity index is 0.755. The van der Waals surface area contributed by atoms with Crippen LogP contribution in [-0.4, -0.2) is 179 Å². The van der Waals surface area contributed by atoms with Gasteiger partial charge in [-0.05, 0) is 103 Å². The number of likely N-dealkylation sites (N-methyl/N-ethyl adjacent to an activating group) is 1. The Kier molecular flexibility index (Phi) is 23.7. The molecule has 10 rings (SSSR count). The van der Waals surface area contributed by atoms with Gasteiger partial charge in [0.05, 0.1) is 68.7 Å². The number of carboxylic acids is 1. The van der Waals surface area contributed by atoms with E-state index in [-0.39, 0.29) is 68.8 Å². The van der Waals surface area contributed by atoms with Gasteiger partial charge in [0.15, 0.2) is 5.82 Å². The first-order valence-electron chi connectivity index (χ1n) is 32.1. The molecular weight excluding hydrogens is 1350 g/mol. The van der Waals surface area contributed by atoms with Crippen LogP contribution in [-0.2, 0) is 63.2 Å². The number of carbonyl (C=O) groups excluding carboxylic acids is 5. The van der Waals surface area contributed by atoms with Crippen molar-refractivity contribution in [3.8, 4) is 56.1 Å². The molecule has 25 nitrogen and oxygen atoms in total. The number of methoxy groups -OCH3 is 1. The third-order valence-corrected chi connectivity index (χ3v) is 19.7. The Labute approximate surface area is 585 Å². The third-order valence-electron chi connectivity index (χ3n) is 17.1. The number of para-hydroxylation sites is 2. The number of aliphatic carboxylic acids is 1. The van der Waals surface area contributed by atoms with E-state index >= 15 is 0 Å². The Morgan fingerprint density at radius 1 is 0.800 bits per heavy atom. The molecule has 3 atom stereocenters. The molecule has 100 heavy (non-hydrogen) atoms. The molecule has 29 heteroatoms. The quantitative estimate of drug-likeness (QED) is 0.0117. The molecule has 0 radical (unpaired) electrons. The van der Waals surface area contributed by atoms with Gasteiger partial charge in [0, 0.05) is 72.5 Å². The van der Waals surface area contributed by atoms with Crippen molar-refractivity contribution in [2.75, 3.05) is 78.6 Å². The number of benzene rings is 5. The van der Waals surface area contributed by atoms with Crippen molar-refractivity contribution in [3.63, 3.8) is 0 Å². The van der Waals surface area contributed by atoms with Gasteiger partial charge in [0.2, 0.25) is 29.7 Å². The normalized spacial score (nSPS) is 14.8. The summed E-state index contributed by atoms with van der Waals surface area (Å²) in [5.41, 5.74) is 4.69. The lowest BCUT2D eigenvalue weighted by molar-refractivity contribution is -0.926. The summed E-state index contributed by atoms with van der Waals surface area (Å²) < 4.78 is 81.2. The minimum atomic E-state index is -4.79. The molecule has 1 saturated heterocycles. The summed E-state index contributed by atoms with van der Waals surface area (Å²) in [7, 11) is -1.24. The van der Waals surface area contributed by atoms with Gasteiger partial charge in [-0.15, -0.1) is 11.3 Å². The van der Waals surface area contributed by atoms with Crippen LogP contribution >= 0.6 is 22.9 Å². The SMILES string of the molecule is COc1ccccc1-c1nccc(COc2ccccc2C[C@@H](Oc2ncnc3sc(-c4ccc(F)cc4)c(-c4ccc(OCCN5CC[N+](C)(Cc6ccc(NC(=O)[C@H](C)NC(=O)[C@@H](NC(=O)CCOCCN7C(=O)C=CC7=O)C(C)C)cc6S(=O)(=O)O)CC5)c(Cl)c4C)c23)C(=O)O)n1. The molecule has 0 bridgehead atoms. The highest BCUT2D eigenvalue weighted by atomic mass is 35.5. The first-order valence-corrected chi connectivity index (χ1v) is 34.7. The summed E-state index contributed by atoms with van der Waals surface area (Å²) >= 11 is 8.51. The molecular formula is C71H75ClFN10O15S2+. The number of fused-ring (bicyclic) bond motifs is 1. The molecule has 0 unspecified atom stereocenters. The first-order chi connectivity index (χ1) is 47.9. The first kappa shape index (κ1) is 72.9. The van der Waals surface area contributed by atoms with Crippen LogP contribution in [0.5, 0.6) is 23.1 Å². The maximum atomic E-state index is 14.5. The average molecular weight is 1430 g/mol. The number of imide groups is 1. The number of nitrogens with zero attached hydrogens (tertiary/aromatic N) is 7.